The molecule has 0 unspecified atom stereocenters. The number of nitrogens with one attached hydrogen (secondary N) is 1. The summed E-state index contributed by atoms with van der Waals surface area (Å²) in [6.07, 6.45) is 51.8. The zero-order chi connectivity index (χ0) is 75.5. The van der Waals surface area contributed by atoms with Crippen molar-refractivity contribution in [2.45, 2.75) is 279 Å². The number of fused-ring (bicyclic) bond motifs is 3. The van der Waals surface area contributed by atoms with Crippen LogP contribution in [0, 0.1) is 0 Å². The van der Waals surface area contributed by atoms with Crippen LogP contribution in [0.25, 0.3) is 32.3 Å². The number of hydrogen-bond donors (Lipinski definition) is 1. The first-order chi connectivity index (χ1) is 51.2. The molecule has 6 aromatic carbocycles. The molecule has 20 heteroatoms. The molecule has 107 heavy (non-hydrogen) atoms. The van der Waals surface area contributed by atoms with Crippen LogP contribution in [0.3, 0.4) is 0 Å². The summed E-state index contributed by atoms with van der Waals surface area (Å²) in [7, 11) is 0. The smallest absolute Gasteiger partial charge is 0.255 e. The summed E-state index contributed by atoms with van der Waals surface area (Å²) >= 11 is 55.3. The first-order valence-corrected chi connectivity index (χ1v) is 44.6. The third kappa shape index (κ3) is 40.2. The van der Waals surface area contributed by atoms with Crippen molar-refractivity contribution in [3.63, 3.8) is 0 Å². The van der Waals surface area contributed by atoms with Crippen molar-refractivity contribution in [1.82, 2.24) is 28.7 Å². The molecular weight excluding hydrogens is 1760 g/mol. The van der Waals surface area contributed by atoms with Crippen molar-refractivity contribution < 1.29 is 43.1 Å². The second-order valence-electron chi connectivity index (χ2n) is 27.4. The van der Waals surface area contributed by atoms with Gasteiger partial charge in [0.25, 0.3) is 20.6 Å². The minimum Gasteiger partial charge on any atom is -1.00 e. The Bertz CT molecular complexity index is 3870. The van der Waals surface area contributed by atoms with Crippen molar-refractivity contribution in [3.05, 3.63) is 211 Å². The van der Waals surface area contributed by atoms with Crippen LogP contribution in [0.1, 0.15) is 243 Å². The number of rotatable bonds is 42. The number of aromatic nitrogens is 8. The quantitative estimate of drug-likeness (QED) is 0.0235. The van der Waals surface area contributed by atoms with Crippen LogP contribution in [0.15, 0.2) is 153 Å². The zero-order valence-electron chi connectivity index (χ0n) is 64.1. The van der Waals surface area contributed by atoms with Gasteiger partial charge in [-0.1, -0.05) is 394 Å². The fourth-order valence-corrected chi connectivity index (χ4v) is 14.8. The van der Waals surface area contributed by atoms with Gasteiger partial charge in [-0.15, -0.1) is 0 Å². The van der Waals surface area contributed by atoms with E-state index < -0.39 is 0 Å². The van der Waals surface area contributed by atoms with E-state index in [9.17, 15) is 0 Å². The molecule has 592 valence electrons. The fourth-order valence-electron chi connectivity index (χ4n) is 12.5. The molecule has 0 amide bonds. The molecule has 10 aromatic rings. The SMILES string of the molecule is BrCCc1ccc2ccccc2c1.CCCCCCCCCCBr.CCCCCCCCCC[n+]1cn(CCc2ccc3ccccc3c2)c(Cl)c1Cl.CCCCCCCCCCn1cnc(Cl)c1Cl.CCCCCCCCC[n+]1cn(CCc2ccc3ccccc3c2)c(Cl)c1Cl.Clc1nc[nH]c1Cl.[Br-].[Br-]. The maximum Gasteiger partial charge on any atom is 0.255 e. The number of benzene rings is 6. The number of hydrogen-bond acceptors (Lipinski definition) is 2. The fraction of sp³-hybridized carbons (Fsp3) is 0.517. The lowest BCUT2D eigenvalue weighted by Gasteiger charge is -2.04. The largest absolute Gasteiger partial charge is 1.00 e. The van der Waals surface area contributed by atoms with E-state index in [0.717, 1.165) is 76.6 Å². The van der Waals surface area contributed by atoms with Crippen molar-refractivity contribution in [3.8, 4) is 0 Å². The highest BCUT2D eigenvalue weighted by atomic mass is 79.9. The van der Waals surface area contributed by atoms with Crippen LogP contribution in [-0.4, -0.2) is 39.3 Å². The van der Waals surface area contributed by atoms with Gasteiger partial charge in [-0.2, -0.15) is 0 Å². The lowest BCUT2D eigenvalue weighted by atomic mass is 10.1. The normalized spacial score (nSPS) is 10.8. The lowest BCUT2D eigenvalue weighted by molar-refractivity contribution is -0.694. The Morgan fingerprint density at radius 1 is 0.336 bits per heavy atom. The minimum atomic E-state index is 0. The second kappa shape index (κ2) is 61.7. The first-order valence-electron chi connectivity index (χ1n) is 39.4. The molecule has 0 saturated carbocycles. The van der Waals surface area contributed by atoms with Crippen molar-refractivity contribution >= 4 is 157 Å². The third-order valence-electron chi connectivity index (χ3n) is 18.8. The Labute approximate surface area is 721 Å². The summed E-state index contributed by atoms with van der Waals surface area (Å²) in [4.78, 5) is 10.1. The van der Waals surface area contributed by atoms with Gasteiger partial charge in [-0.3, -0.25) is 0 Å². The van der Waals surface area contributed by atoms with E-state index in [1.165, 1.54) is 240 Å². The highest BCUT2D eigenvalue weighted by Crippen LogP contribution is 2.26. The molecule has 8 nitrogen and oxygen atoms in total. The van der Waals surface area contributed by atoms with Gasteiger partial charge in [-0.05, 0) is 140 Å². The predicted molar refractivity (Wildman–Crippen MR) is 467 cm³/mol. The Hall–Kier alpha value is -2.82. The van der Waals surface area contributed by atoms with Gasteiger partial charge in [0.2, 0.25) is 12.7 Å². The molecule has 0 aliphatic heterocycles. The topological polar surface area (TPSA) is 64.1 Å². The second-order valence-corrected chi connectivity index (χ2v) is 31.9. The molecule has 1 N–H and O–H groups in total. The standard InChI is InChI=1S/C25H33Cl2N2.C24H31Cl2N2.C13H22Cl2N2.C12H11Br.C10H21Br.C3H2Cl2N2.2BrH/c1-2-3-4-5-6-7-8-11-17-28-20-29(25(27)24(28)26)18-16-21-14-15-22-12-9-10-13-23(22)19-21;1-2-3-4-5-6-7-10-16-27-19-28(24(26)23(27)25)17-15-20-13-14-21-11-8-9-12-22(21)18-20;1-2-3-4-5-6-7-8-9-10-17-11-16-12(14)13(17)15;13-8-7-10-5-6-11-3-1-2-4-12(11)9-10;1-2-3-4-5-6-7-8-9-10-11;4-2-3(5)7-1-6-2;;/h9-10,12-15,19-20H,2-8,11,16-18H2,1H3;8-9,11-14,18-19H,2-7,10,15-17H2,1H3;11H,2-10H2,1H3;1-6,9H,7-8H2;2-10H2,1H3;1H,(H,6,7);2*1H/q2*+1;;;;;;/p-2. The summed E-state index contributed by atoms with van der Waals surface area (Å²) in [5, 5.41) is 14.3. The van der Waals surface area contributed by atoms with E-state index in [-0.39, 0.29) is 34.0 Å². The third-order valence-corrected chi connectivity index (χ3v) is 23.0. The Morgan fingerprint density at radius 3 is 0.981 bits per heavy atom. The van der Waals surface area contributed by atoms with E-state index >= 15 is 0 Å². The van der Waals surface area contributed by atoms with Gasteiger partial charge in [-0.25, -0.2) is 28.2 Å². The van der Waals surface area contributed by atoms with Crippen LogP contribution < -0.4 is 43.1 Å². The van der Waals surface area contributed by atoms with Crippen LogP contribution >= 0.6 is 125 Å². The van der Waals surface area contributed by atoms with Gasteiger partial charge in [0.1, 0.15) is 10.3 Å². The van der Waals surface area contributed by atoms with Crippen LogP contribution in [0.4, 0.5) is 0 Å². The van der Waals surface area contributed by atoms with E-state index in [2.05, 4.69) is 233 Å². The van der Waals surface area contributed by atoms with E-state index in [0.29, 0.717) is 41.2 Å². The summed E-state index contributed by atoms with van der Waals surface area (Å²) in [5.41, 5.74) is 4.04. The average molecular weight is 1880 g/mol. The molecular formula is C87H120Br4Cl8N8. The maximum absolute atomic E-state index is 6.50. The van der Waals surface area contributed by atoms with Gasteiger partial charge >= 0.3 is 0 Å². The molecule has 0 saturated heterocycles. The van der Waals surface area contributed by atoms with Gasteiger partial charge in [0, 0.05) is 30.0 Å². The number of aromatic amines is 1. The number of H-pyrrole nitrogens is 1. The molecule has 0 spiro atoms. The summed E-state index contributed by atoms with van der Waals surface area (Å²) < 4.78 is 10.3. The molecule has 0 aliphatic carbocycles. The maximum atomic E-state index is 6.50. The van der Waals surface area contributed by atoms with E-state index in [1.54, 1.807) is 6.33 Å². The number of aryl methyl sites for hydroxylation is 8. The molecule has 4 aromatic heterocycles. The van der Waals surface area contributed by atoms with Crippen molar-refractivity contribution in [2.75, 3.05) is 10.7 Å². The predicted octanol–water partition coefficient (Wildman–Crippen LogP) is 24.2. The molecule has 0 bridgehead atoms. The Balaban J connectivity index is 0.000000351. The molecule has 4 heterocycles. The number of unbranched alkanes of at least 4 members (excludes halogenated alkanes) is 27. The summed E-state index contributed by atoms with van der Waals surface area (Å²) in [6.45, 7) is 13.5. The summed E-state index contributed by atoms with van der Waals surface area (Å²) in [6, 6.07) is 45.4. The van der Waals surface area contributed by atoms with Crippen molar-refractivity contribution in [2.24, 2.45) is 0 Å². The monoisotopic (exact) mass is 1870 g/mol. The van der Waals surface area contributed by atoms with Crippen LogP contribution in [0.2, 0.25) is 41.2 Å². The highest BCUT2D eigenvalue weighted by Gasteiger charge is 2.21. The first kappa shape index (κ1) is 98.4. The minimum absolute atomic E-state index is 0. The molecule has 0 atom stereocenters. The molecule has 10 rings (SSSR count). The van der Waals surface area contributed by atoms with Gasteiger partial charge < -0.3 is 43.5 Å². The number of alkyl halides is 2. The van der Waals surface area contributed by atoms with Crippen LogP contribution in [-0.2, 0) is 52.0 Å². The van der Waals surface area contributed by atoms with Gasteiger partial charge in [0.05, 0.1) is 38.8 Å². The van der Waals surface area contributed by atoms with Crippen molar-refractivity contribution in [1.29, 1.82) is 0 Å². The Morgan fingerprint density at radius 2 is 0.673 bits per heavy atom. The number of imidazole rings is 4. The molecule has 0 aliphatic rings. The zero-order valence-corrected chi connectivity index (χ0v) is 76.5. The van der Waals surface area contributed by atoms with Gasteiger partial charge in [0.15, 0.2) is 10.3 Å². The molecule has 0 radical (unpaired) electrons. The van der Waals surface area contributed by atoms with E-state index in [1.807, 2.05) is 4.57 Å². The number of nitrogens with zero attached hydrogens (tertiary/aromatic N) is 7. The summed E-state index contributed by atoms with van der Waals surface area (Å²) in [5.74, 6) is 0. The Kier molecular flexibility index (Phi) is 56.7. The van der Waals surface area contributed by atoms with Crippen LogP contribution in [0.5, 0.6) is 0 Å². The lowest BCUT2D eigenvalue weighted by Crippen LogP contribution is -3.00. The van der Waals surface area contributed by atoms with E-state index in [4.69, 9.17) is 92.8 Å². The molecule has 0 fully saturated rings. The average Bonchev–Trinajstić information content (AvgIpc) is 1.79. The number of halogens is 12. The highest BCUT2D eigenvalue weighted by molar-refractivity contribution is 9.09.